The molecule has 0 bridgehead atoms. The van der Waals surface area contributed by atoms with Gasteiger partial charge in [-0.2, -0.15) is 0 Å². The standard InChI is InChI=1S/C20H21ClN2O5S/c21-16-10-18-19(28-8-2-7-27-18)11-17(16)23-20(24)14-3-1-4-15(9-14)29(25,26)22-12-13-5-6-13/h1,3-4,9-11,13,22H,2,5-8,12H2,(H,23,24). The molecule has 2 aromatic carbocycles. The fourth-order valence-corrected chi connectivity index (χ4v) is 4.27. The number of halogens is 1. The van der Waals surface area contributed by atoms with E-state index in [1.165, 1.54) is 18.2 Å². The second-order valence-corrected chi connectivity index (χ2v) is 9.28. The lowest BCUT2D eigenvalue weighted by Gasteiger charge is -2.13. The molecule has 7 nitrogen and oxygen atoms in total. The van der Waals surface area contributed by atoms with Crippen LogP contribution in [0.2, 0.25) is 5.02 Å². The molecule has 0 spiro atoms. The van der Waals surface area contributed by atoms with Gasteiger partial charge in [0, 0.05) is 30.7 Å². The lowest BCUT2D eigenvalue weighted by atomic mass is 10.2. The lowest BCUT2D eigenvalue weighted by molar-refractivity contribution is 0.102. The summed E-state index contributed by atoms with van der Waals surface area (Å²) in [5.74, 6) is 0.974. The van der Waals surface area contributed by atoms with Crippen molar-refractivity contribution in [3.63, 3.8) is 0 Å². The van der Waals surface area contributed by atoms with Gasteiger partial charge in [-0.05, 0) is 37.0 Å². The lowest BCUT2D eigenvalue weighted by Crippen LogP contribution is -2.26. The average molecular weight is 437 g/mol. The van der Waals surface area contributed by atoms with E-state index in [4.69, 9.17) is 21.1 Å². The van der Waals surface area contributed by atoms with Crippen molar-refractivity contribution < 1.29 is 22.7 Å². The molecule has 9 heteroatoms. The maximum atomic E-state index is 12.7. The zero-order chi connectivity index (χ0) is 20.4. The number of hydrogen-bond acceptors (Lipinski definition) is 5. The summed E-state index contributed by atoms with van der Waals surface area (Å²) in [5.41, 5.74) is 0.573. The van der Waals surface area contributed by atoms with Crippen LogP contribution in [0.1, 0.15) is 29.6 Å². The summed E-state index contributed by atoms with van der Waals surface area (Å²) in [6, 6.07) is 9.11. The zero-order valence-electron chi connectivity index (χ0n) is 15.6. The van der Waals surface area contributed by atoms with Crippen molar-refractivity contribution in [2.45, 2.75) is 24.2 Å². The minimum absolute atomic E-state index is 0.0514. The predicted molar refractivity (Wildman–Crippen MR) is 109 cm³/mol. The molecule has 29 heavy (non-hydrogen) atoms. The van der Waals surface area contributed by atoms with E-state index in [1.807, 2.05) is 0 Å². The fourth-order valence-electron chi connectivity index (χ4n) is 2.91. The van der Waals surface area contributed by atoms with E-state index in [0.29, 0.717) is 47.9 Å². The molecule has 1 aliphatic heterocycles. The molecule has 1 heterocycles. The number of hydrogen-bond donors (Lipinski definition) is 2. The van der Waals surface area contributed by atoms with E-state index in [0.717, 1.165) is 19.3 Å². The van der Waals surface area contributed by atoms with Gasteiger partial charge in [0.2, 0.25) is 10.0 Å². The second kappa shape index (κ2) is 8.22. The van der Waals surface area contributed by atoms with Crippen LogP contribution in [0.25, 0.3) is 0 Å². The first-order valence-corrected chi connectivity index (χ1v) is 11.3. The Kier molecular flexibility index (Phi) is 5.67. The van der Waals surface area contributed by atoms with Crippen molar-refractivity contribution in [2.24, 2.45) is 5.92 Å². The number of carbonyl (C=O) groups excluding carboxylic acids is 1. The van der Waals surface area contributed by atoms with Crippen LogP contribution < -0.4 is 19.5 Å². The van der Waals surface area contributed by atoms with Crippen LogP contribution in [0.15, 0.2) is 41.3 Å². The van der Waals surface area contributed by atoms with Crippen LogP contribution in [0.5, 0.6) is 11.5 Å². The molecule has 2 N–H and O–H groups in total. The third kappa shape index (κ3) is 4.83. The fraction of sp³-hybridized carbons (Fsp3) is 0.350. The van der Waals surface area contributed by atoms with Crippen LogP contribution in [0, 0.1) is 5.92 Å². The number of rotatable bonds is 6. The molecule has 4 rings (SSSR count). The van der Waals surface area contributed by atoms with Gasteiger partial charge in [-0.15, -0.1) is 0 Å². The van der Waals surface area contributed by atoms with E-state index < -0.39 is 15.9 Å². The quantitative estimate of drug-likeness (QED) is 0.723. The van der Waals surface area contributed by atoms with Gasteiger partial charge in [-0.3, -0.25) is 4.79 Å². The highest BCUT2D eigenvalue weighted by molar-refractivity contribution is 7.89. The van der Waals surface area contributed by atoms with E-state index in [1.54, 1.807) is 18.2 Å². The second-order valence-electron chi connectivity index (χ2n) is 7.11. The summed E-state index contributed by atoms with van der Waals surface area (Å²) in [5, 5.41) is 3.02. The van der Waals surface area contributed by atoms with Gasteiger partial charge >= 0.3 is 0 Å². The SMILES string of the molecule is O=C(Nc1cc2c(cc1Cl)OCCCO2)c1cccc(S(=O)(=O)NCC2CC2)c1. The first-order chi connectivity index (χ1) is 13.9. The van der Waals surface area contributed by atoms with Crippen molar-refractivity contribution in [3.05, 3.63) is 47.0 Å². The van der Waals surface area contributed by atoms with Crippen molar-refractivity contribution in [2.75, 3.05) is 25.1 Å². The molecule has 0 radical (unpaired) electrons. The molecule has 1 saturated carbocycles. The molecule has 0 unspecified atom stereocenters. The topological polar surface area (TPSA) is 93.7 Å². The van der Waals surface area contributed by atoms with Gasteiger partial charge in [0.25, 0.3) is 5.91 Å². The molecule has 1 fully saturated rings. The van der Waals surface area contributed by atoms with Gasteiger partial charge in [0.1, 0.15) is 0 Å². The number of benzene rings is 2. The predicted octanol–water partition coefficient (Wildman–Crippen LogP) is 3.44. The Bertz CT molecular complexity index is 1040. The molecule has 2 aliphatic rings. The number of fused-ring (bicyclic) bond motifs is 1. The first kappa shape index (κ1) is 20.0. The number of sulfonamides is 1. The number of amides is 1. The Labute approximate surface area is 174 Å². The summed E-state index contributed by atoms with van der Waals surface area (Å²) in [6.45, 7) is 1.46. The van der Waals surface area contributed by atoms with Crippen LogP contribution in [-0.4, -0.2) is 34.1 Å². The molecule has 0 atom stereocenters. The highest BCUT2D eigenvalue weighted by atomic mass is 35.5. The highest BCUT2D eigenvalue weighted by Gasteiger charge is 2.25. The Hall–Kier alpha value is -2.29. The van der Waals surface area contributed by atoms with Crippen molar-refractivity contribution in [1.82, 2.24) is 4.72 Å². The summed E-state index contributed by atoms with van der Waals surface area (Å²) in [6.07, 6.45) is 2.84. The normalized spacial score (nSPS) is 16.2. The van der Waals surface area contributed by atoms with Crippen molar-refractivity contribution in [3.8, 4) is 11.5 Å². The van der Waals surface area contributed by atoms with Crippen LogP contribution in [-0.2, 0) is 10.0 Å². The maximum Gasteiger partial charge on any atom is 0.255 e. The van der Waals surface area contributed by atoms with Crippen LogP contribution >= 0.6 is 11.6 Å². The van der Waals surface area contributed by atoms with E-state index in [2.05, 4.69) is 10.0 Å². The van der Waals surface area contributed by atoms with Gasteiger partial charge in [-0.25, -0.2) is 13.1 Å². The Morgan fingerprint density at radius 2 is 1.83 bits per heavy atom. The monoisotopic (exact) mass is 436 g/mol. The van der Waals surface area contributed by atoms with Crippen molar-refractivity contribution >= 4 is 33.2 Å². The first-order valence-electron chi connectivity index (χ1n) is 9.42. The molecule has 1 aliphatic carbocycles. The minimum Gasteiger partial charge on any atom is -0.490 e. The van der Waals surface area contributed by atoms with E-state index in [9.17, 15) is 13.2 Å². The zero-order valence-corrected chi connectivity index (χ0v) is 17.2. The summed E-state index contributed by atoms with van der Waals surface area (Å²) < 4.78 is 38.7. The number of nitrogens with one attached hydrogen (secondary N) is 2. The number of ether oxygens (including phenoxy) is 2. The molecule has 1 amide bonds. The molecule has 2 aromatic rings. The van der Waals surface area contributed by atoms with Gasteiger partial charge in [0.05, 0.1) is 28.8 Å². The molecular formula is C20H21ClN2O5S. The molecule has 154 valence electrons. The Balaban J connectivity index is 1.52. The summed E-state index contributed by atoms with van der Waals surface area (Å²) in [4.78, 5) is 12.8. The van der Waals surface area contributed by atoms with E-state index in [-0.39, 0.29) is 10.5 Å². The highest BCUT2D eigenvalue weighted by Crippen LogP contribution is 2.37. The van der Waals surface area contributed by atoms with Crippen LogP contribution in [0.4, 0.5) is 5.69 Å². The minimum atomic E-state index is -3.66. The number of carbonyl (C=O) groups is 1. The molecule has 0 aromatic heterocycles. The maximum absolute atomic E-state index is 12.7. The smallest absolute Gasteiger partial charge is 0.255 e. The summed E-state index contributed by atoms with van der Waals surface area (Å²) >= 11 is 6.27. The average Bonchev–Trinajstić information content (AvgIpc) is 3.54. The van der Waals surface area contributed by atoms with Gasteiger partial charge < -0.3 is 14.8 Å². The largest absolute Gasteiger partial charge is 0.490 e. The molecular weight excluding hydrogens is 416 g/mol. The third-order valence-corrected chi connectivity index (χ3v) is 6.48. The Morgan fingerprint density at radius 1 is 1.10 bits per heavy atom. The molecule has 0 saturated heterocycles. The van der Waals surface area contributed by atoms with E-state index >= 15 is 0 Å². The van der Waals surface area contributed by atoms with Gasteiger partial charge in [-0.1, -0.05) is 17.7 Å². The van der Waals surface area contributed by atoms with Crippen molar-refractivity contribution in [1.29, 1.82) is 0 Å². The van der Waals surface area contributed by atoms with Crippen LogP contribution in [0.3, 0.4) is 0 Å². The third-order valence-electron chi connectivity index (χ3n) is 4.75. The summed E-state index contributed by atoms with van der Waals surface area (Å²) in [7, 11) is -3.66. The van der Waals surface area contributed by atoms with Gasteiger partial charge in [0.15, 0.2) is 11.5 Å². The Morgan fingerprint density at radius 3 is 2.55 bits per heavy atom. The number of anilines is 1.